The highest BCUT2D eigenvalue weighted by atomic mass is 16.7. The molecule has 0 aromatic carbocycles. The molecule has 0 aromatic heterocycles. The molecule has 11 atom stereocenters. The molecule has 36 heavy (non-hydrogen) atoms. The Bertz CT molecular complexity index is 894. The van der Waals surface area contributed by atoms with Gasteiger partial charge in [0, 0.05) is 25.6 Å². The van der Waals surface area contributed by atoms with Crippen molar-refractivity contribution < 1.29 is 14.2 Å². The molecule has 0 N–H and O–H groups in total. The molecule has 5 saturated carbocycles. The lowest BCUT2D eigenvalue weighted by atomic mass is 9.45. The van der Waals surface area contributed by atoms with Crippen LogP contribution in [0, 0.1) is 63.6 Å². The second-order valence-corrected chi connectivity index (χ2v) is 14.9. The number of rotatable bonds is 5. The molecule has 202 valence electrons. The summed E-state index contributed by atoms with van der Waals surface area (Å²) < 4.78 is 18.3. The van der Waals surface area contributed by atoms with Crippen LogP contribution in [0.5, 0.6) is 0 Å². The van der Waals surface area contributed by atoms with Crippen LogP contribution in [-0.2, 0) is 14.2 Å². The van der Waals surface area contributed by atoms with Gasteiger partial charge in [0.25, 0.3) is 0 Å². The first-order valence-electron chi connectivity index (χ1n) is 15.5. The smallest absolute Gasteiger partial charge is 0.159 e. The number of fused-ring (bicyclic) bond motifs is 4. The van der Waals surface area contributed by atoms with E-state index < -0.39 is 5.60 Å². The molecule has 6 aliphatic rings. The van der Waals surface area contributed by atoms with Crippen LogP contribution in [-0.4, -0.2) is 31.7 Å². The van der Waals surface area contributed by atoms with Gasteiger partial charge in [-0.1, -0.05) is 32.6 Å². The molecule has 3 nitrogen and oxygen atoms in total. The largest absolute Gasteiger partial charge is 0.381 e. The quantitative estimate of drug-likeness (QED) is 0.366. The fraction of sp³-hybridized carbons (Fsp3) is 0.939. The van der Waals surface area contributed by atoms with E-state index in [0.29, 0.717) is 28.3 Å². The van der Waals surface area contributed by atoms with Gasteiger partial charge >= 0.3 is 0 Å². The van der Waals surface area contributed by atoms with Crippen LogP contribution >= 0.6 is 0 Å². The Hall–Kier alpha value is -0.560. The van der Waals surface area contributed by atoms with Crippen LogP contribution in [0.4, 0.5) is 0 Å². The maximum Gasteiger partial charge on any atom is 0.159 e. The molecule has 0 amide bonds. The molecule has 0 bridgehead atoms. The molecule has 1 saturated heterocycles. The molecule has 6 fully saturated rings. The van der Waals surface area contributed by atoms with Gasteiger partial charge in [-0.15, -0.1) is 0 Å². The van der Waals surface area contributed by atoms with Crippen molar-refractivity contribution in [1.29, 1.82) is 0 Å². The summed E-state index contributed by atoms with van der Waals surface area (Å²) in [6.45, 7) is 12.9. The Kier molecular flexibility index (Phi) is 6.42. The lowest BCUT2D eigenvalue weighted by molar-refractivity contribution is -0.199. The molecule has 0 aromatic rings. The molecule has 0 radical (unpaired) electrons. The van der Waals surface area contributed by atoms with Crippen LogP contribution in [0.25, 0.3) is 0 Å². The first-order valence-corrected chi connectivity index (χ1v) is 15.5. The third-order valence-electron chi connectivity index (χ3n) is 13.0. The Labute approximate surface area is 221 Å². The summed E-state index contributed by atoms with van der Waals surface area (Å²) >= 11 is 0. The second kappa shape index (κ2) is 8.99. The fourth-order valence-electron chi connectivity index (χ4n) is 11.3. The van der Waals surface area contributed by atoms with Gasteiger partial charge in [0.15, 0.2) is 6.29 Å². The van der Waals surface area contributed by atoms with Crippen molar-refractivity contribution in [3.05, 3.63) is 0 Å². The summed E-state index contributed by atoms with van der Waals surface area (Å²) in [7, 11) is 2.01. The van der Waals surface area contributed by atoms with E-state index in [9.17, 15) is 0 Å². The Morgan fingerprint density at radius 1 is 1.03 bits per heavy atom. The number of methoxy groups -OCH3 is 1. The van der Waals surface area contributed by atoms with Gasteiger partial charge in [-0.05, 0) is 131 Å². The summed E-state index contributed by atoms with van der Waals surface area (Å²) in [5.41, 5.74) is 1.11. The topological polar surface area (TPSA) is 27.7 Å². The van der Waals surface area contributed by atoms with Crippen molar-refractivity contribution in [1.82, 2.24) is 0 Å². The number of ether oxygens (including phenoxy) is 3. The van der Waals surface area contributed by atoms with Crippen molar-refractivity contribution >= 4 is 0 Å². The predicted molar refractivity (Wildman–Crippen MR) is 144 cm³/mol. The van der Waals surface area contributed by atoms with E-state index in [1.165, 1.54) is 57.8 Å². The summed E-state index contributed by atoms with van der Waals surface area (Å²) in [5.74, 6) is 12.1. The maximum atomic E-state index is 6.32. The lowest BCUT2D eigenvalue weighted by Gasteiger charge is -2.61. The van der Waals surface area contributed by atoms with Crippen LogP contribution in [0.15, 0.2) is 0 Å². The minimum Gasteiger partial charge on any atom is -0.381 e. The van der Waals surface area contributed by atoms with Crippen molar-refractivity contribution in [3.8, 4) is 11.8 Å². The summed E-state index contributed by atoms with van der Waals surface area (Å²) in [5, 5.41) is 0. The van der Waals surface area contributed by atoms with Crippen LogP contribution < -0.4 is 0 Å². The minimum atomic E-state index is -0.438. The van der Waals surface area contributed by atoms with Gasteiger partial charge in [0.1, 0.15) is 5.60 Å². The average Bonchev–Trinajstić information content (AvgIpc) is 3.35. The predicted octanol–water partition coefficient (Wildman–Crippen LogP) is 7.62. The highest BCUT2D eigenvalue weighted by Crippen LogP contribution is 2.82. The van der Waals surface area contributed by atoms with Gasteiger partial charge in [-0.25, -0.2) is 0 Å². The van der Waals surface area contributed by atoms with E-state index in [4.69, 9.17) is 14.2 Å². The Morgan fingerprint density at radius 2 is 1.86 bits per heavy atom. The van der Waals surface area contributed by atoms with Crippen LogP contribution in [0.1, 0.15) is 112 Å². The highest BCUT2D eigenvalue weighted by Gasteiger charge is 2.77. The van der Waals surface area contributed by atoms with Crippen LogP contribution in [0.3, 0.4) is 0 Å². The van der Waals surface area contributed by atoms with Gasteiger partial charge in [0.05, 0.1) is 6.10 Å². The molecule has 5 aliphatic carbocycles. The summed E-state index contributed by atoms with van der Waals surface area (Å²) in [4.78, 5) is 0. The fourth-order valence-corrected chi connectivity index (χ4v) is 11.3. The number of hydrogen-bond acceptors (Lipinski definition) is 3. The van der Waals surface area contributed by atoms with Gasteiger partial charge < -0.3 is 14.2 Å². The van der Waals surface area contributed by atoms with Crippen molar-refractivity contribution in [3.63, 3.8) is 0 Å². The van der Waals surface area contributed by atoms with Crippen LogP contribution in [0.2, 0.25) is 0 Å². The molecule has 3 heteroatoms. The van der Waals surface area contributed by atoms with Gasteiger partial charge in [-0.2, -0.15) is 0 Å². The molecular formula is C33H52O3. The van der Waals surface area contributed by atoms with E-state index in [1.807, 2.05) is 7.11 Å². The zero-order valence-electron chi connectivity index (χ0n) is 24.0. The SMILES string of the molecule is CO[C@@H]1C[C@H]2[C@@H]3CC[C@H]([C@H](C)CC#CC(C)(C)OC4CCCCO4)[C@@]3(C)CC[C@@H]2[C@@]2(C)CC[C@H]3C[C@]312. The Balaban J connectivity index is 1.13. The molecule has 1 spiro atoms. The molecule has 1 unspecified atom stereocenters. The number of hydrogen-bond donors (Lipinski definition) is 0. The standard InChI is InChI=1S/C33H52O3/c1-22(10-9-16-30(2,3)36-29-11-7-8-19-35-29)25-12-13-26-24-20-28(34-6)33-21-23(33)14-18-32(33,5)27(24)15-17-31(25,26)4/h22-29H,7-8,10-15,17-21H2,1-6H3/t22-,23+,24+,25-,26+,27+,28-,29?,31-,32-,33+/m1/s1. The third-order valence-corrected chi connectivity index (χ3v) is 13.0. The molecule has 1 heterocycles. The van der Waals surface area contributed by atoms with E-state index in [1.54, 1.807) is 0 Å². The first-order chi connectivity index (χ1) is 17.1. The van der Waals surface area contributed by atoms with E-state index >= 15 is 0 Å². The van der Waals surface area contributed by atoms with E-state index in [-0.39, 0.29) is 6.29 Å². The zero-order chi connectivity index (χ0) is 25.3. The highest BCUT2D eigenvalue weighted by molar-refractivity contribution is 5.26. The minimum absolute atomic E-state index is 0.0802. The average molecular weight is 497 g/mol. The summed E-state index contributed by atoms with van der Waals surface area (Å²) in [6.07, 6.45) is 16.2. The first kappa shape index (κ1) is 25.7. The molecular weight excluding hydrogens is 444 g/mol. The van der Waals surface area contributed by atoms with E-state index in [0.717, 1.165) is 55.5 Å². The Morgan fingerprint density at radius 3 is 2.58 bits per heavy atom. The van der Waals surface area contributed by atoms with Gasteiger partial charge in [-0.3, -0.25) is 0 Å². The maximum absolute atomic E-state index is 6.32. The third kappa shape index (κ3) is 3.78. The second-order valence-electron chi connectivity index (χ2n) is 14.9. The van der Waals surface area contributed by atoms with Crippen molar-refractivity contribution in [2.45, 2.75) is 130 Å². The van der Waals surface area contributed by atoms with Crippen molar-refractivity contribution in [2.24, 2.45) is 51.8 Å². The monoisotopic (exact) mass is 496 g/mol. The summed E-state index contributed by atoms with van der Waals surface area (Å²) in [6, 6.07) is 0. The van der Waals surface area contributed by atoms with Gasteiger partial charge in [0.2, 0.25) is 0 Å². The zero-order valence-corrected chi connectivity index (χ0v) is 24.0. The normalized spacial score (nSPS) is 50.2. The molecule has 1 aliphatic heterocycles. The lowest BCUT2D eigenvalue weighted by Crippen LogP contribution is -2.57. The van der Waals surface area contributed by atoms with E-state index in [2.05, 4.69) is 46.5 Å². The van der Waals surface area contributed by atoms with Crippen molar-refractivity contribution in [2.75, 3.05) is 13.7 Å². The molecule has 6 rings (SSSR count).